The van der Waals surface area contributed by atoms with Crippen molar-refractivity contribution in [3.63, 3.8) is 0 Å². The first-order valence-corrected chi connectivity index (χ1v) is 10.3. The molecular weight excluding hydrogens is 438 g/mol. The van der Waals surface area contributed by atoms with E-state index in [2.05, 4.69) is 21.2 Å². The largest absolute Gasteiger partial charge is 0.354 e. The molecule has 1 aliphatic rings. The number of nitrogens with zero attached hydrogens (tertiary/aromatic N) is 2. The van der Waals surface area contributed by atoms with Gasteiger partial charge >= 0.3 is 0 Å². The number of likely N-dealkylation sites (N-methyl/N-ethyl adjacent to an activating group) is 1. The summed E-state index contributed by atoms with van der Waals surface area (Å²) in [5.41, 5.74) is 2.75. The Hall–Kier alpha value is -2.56. The van der Waals surface area contributed by atoms with Gasteiger partial charge in [0.2, 0.25) is 5.91 Å². The molecule has 0 aromatic heterocycles. The van der Waals surface area contributed by atoms with Gasteiger partial charge in [-0.25, -0.2) is 0 Å². The highest BCUT2D eigenvalue weighted by Gasteiger charge is 2.40. The van der Waals surface area contributed by atoms with Crippen molar-refractivity contribution >= 4 is 45.2 Å². The van der Waals surface area contributed by atoms with E-state index in [9.17, 15) is 14.9 Å². The van der Waals surface area contributed by atoms with Crippen molar-refractivity contribution in [2.24, 2.45) is 0 Å². The third kappa shape index (κ3) is 3.98. The molecule has 2 amide bonds. The summed E-state index contributed by atoms with van der Waals surface area (Å²) in [4.78, 5) is 27.0. The zero-order valence-electron chi connectivity index (χ0n) is 15.4. The van der Waals surface area contributed by atoms with Crippen molar-refractivity contribution in [3.05, 3.63) is 74.7 Å². The van der Waals surface area contributed by atoms with Crippen molar-refractivity contribution < 1.29 is 9.59 Å². The van der Waals surface area contributed by atoms with E-state index in [0.29, 0.717) is 17.1 Å². The van der Waals surface area contributed by atoms with Crippen LogP contribution in [0.3, 0.4) is 0 Å². The van der Waals surface area contributed by atoms with Crippen LogP contribution in [0.15, 0.2) is 63.6 Å². The molecule has 0 spiro atoms. The first-order valence-electron chi connectivity index (χ1n) is 8.63. The molecule has 0 bridgehead atoms. The average Bonchev–Trinajstić information content (AvgIpc) is 3.01. The fraction of sp³-hybridized carbons (Fsp3) is 0.190. The molecule has 1 fully saturated rings. The van der Waals surface area contributed by atoms with E-state index in [4.69, 9.17) is 0 Å². The van der Waals surface area contributed by atoms with Gasteiger partial charge in [0.25, 0.3) is 5.91 Å². The number of hydrogen-bond donors (Lipinski definition) is 1. The molecule has 0 saturated carbocycles. The van der Waals surface area contributed by atoms with Crippen LogP contribution in [0, 0.1) is 18.3 Å². The molecule has 0 radical (unpaired) electrons. The highest BCUT2D eigenvalue weighted by molar-refractivity contribution is 9.10. The number of anilines is 1. The summed E-state index contributed by atoms with van der Waals surface area (Å²) in [5, 5.41) is 12.0. The van der Waals surface area contributed by atoms with Gasteiger partial charge in [0.15, 0.2) is 0 Å². The van der Waals surface area contributed by atoms with Crippen molar-refractivity contribution in [2.75, 3.05) is 11.9 Å². The molecule has 1 heterocycles. The predicted molar refractivity (Wildman–Crippen MR) is 115 cm³/mol. The Labute approximate surface area is 176 Å². The van der Waals surface area contributed by atoms with Crippen LogP contribution in [0.4, 0.5) is 5.69 Å². The van der Waals surface area contributed by atoms with Gasteiger partial charge in [-0.05, 0) is 48.7 Å². The maximum Gasteiger partial charge on any atom is 0.264 e. The number of benzene rings is 2. The molecule has 0 aliphatic carbocycles. The maximum absolute atomic E-state index is 13.3. The third-order valence-corrected chi connectivity index (χ3v) is 6.28. The first-order chi connectivity index (χ1) is 13.5. The molecule has 1 aliphatic heterocycles. The highest BCUT2D eigenvalue weighted by atomic mass is 79.9. The fourth-order valence-corrected chi connectivity index (χ4v) is 4.54. The van der Waals surface area contributed by atoms with Crippen LogP contribution in [0.2, 0.25) is 0 Å². The summed E-state index contributed by atoms with van der Waals surface area (Å²) in [6.45, 7) is 2.01. The standard InChI is InChI=1S/C21H18BrN3O2S/c1-13-5-3-4-6-14(13)11-18-20(27)25(16-9-7-15(22)8-10-16)21(28-18)17(12-23)19(26)24-2/h3-10,18H,11H2,1-2H3,(H,24,26)/b21-17-/t18-/m1/s1. The SMILES string of the molecule is CNC(=O)/C(C#N)=C1\S[C@H](Cc2ccccc2C)C(=O)N1c1ccc(Br)cc1. The Morgan fingerprint density at radius 2 is 1.93 bits per heavy atom. The minimum Gasteiger partial charge on any atom is -0.354 e. The second kappa shape index (κ2) is 8.63. The molecule has 1 saturated heterocycles. The topological polar surface area (TPSA) is 73.2 Å². The number of hydrogen-bond acceptors (Lipinski definition) is 4. The molecule has 1 atom stereocenters. The molecule has 28 heavy (non-hydrogen) atoms. The first kappa shape index (κ1) is 20.2. The molecule has 7 heteroatoms. The Kier molecular flexibility index (Phi) is 6.22. The highest BCUT2D eigenvalue weighted by Crippen LogP contribution is 2.42. The Balaban J connectivity index is 2.06. The molecule has 0 unspecified atom stereocenters. The molecule has 3 rings (SSSR count). The van der Waals surface area contributed by atoms with E-state index in [1.165, 1.54) is 23.7 Å². The van der Waals surface area contributed by atoms with Crippen LogP contribution in [0.5, 0.6) is 0 Å². The van der Waals surface area contributed by atoms with E-state index >= 15 is 0 Å². The van der Waals surface area contributed by atoms with Crippen LogP contribution >= 0.6 is 27.7 Å². The zero-order chi connectivity index (χ0) is 20.3. The second-order valence-corrected chi connectivity index (χ2v) is 8.37. The van der Waals surface area contributed by atoms with Gasteiger partial charge in [0, 0.05) is 17.2 Å². The quantitative estimate of drug-likeness (QED) is 0.559. The number of rotatable bonds is 4. The minimum absolute atomic E-state index is 0.0592. The molecule has 1 N–H and O–H groups in total. The van der Waals surface area contributed by atoms with Gasteiger partial charge in [0.05, 0.1) is 5.25 Å². The summed E-state index contributed by atoms with van der Waals surface area (Å²) >= 11 is 4.66. The number of nitriles is 1. The van der Waals surface area contributed by atoms with Crippen LogP contribution < -0.4 is 10.2 Å². The molecule has 5 nitrogen and oxygen atoms in total. The number of halogens is 1. The lowest BCUT2D eigenvalue weighted by molar-refractivity contribution is -0.117. The van der Waals surface area contributed by atoms with Gasteiger partial charge < -0.3 is 5.32 Å². The number of carbonyl (C=O) groups excluding carboxylic acids is 2. The van der Waals surface area contributed by atoms with Crippen molar-refractivity contribution in [1.82, 2.24) is 5.32 Å². The third-order valence-electron chi connectivity index (χ3n) is 4.48. The Bertz CT molecular complexity index is 995. The molecule has 2 aromatic carbocycles. The number of amides is 2. The average molecular weight is 456 g/mol. The van der Waals surface area contributed by atoms with Gasteiger partial charge in [-0.15, -0.1) is 0 Å². The van der Waals surface area contributed by atoms with Crippen molar-refractivity contribution in [2.45, 2.75) is 18.6 Å². The van der Waals surface area contributed by atoms with Gasteiger partial charge in [-0.3, -0.25) is 14.5 Å². The van der Waals surface area contributed by atoms with Crippen LogP contribution in [-0.4, -0.2) is 24.1 Å². The van der Waals surface area contributed by atoms with Crippen LogP contribution in [0.25, 0.3) is 0 Å². The monoisotopic (exact) mass is 455 g/mol. The lowest BCUT2D eigenvalue weighted by Crippen LogP contribution is -2.31. The Morgan fingerprint density at radius 3 is 2.54 bits per heavy atom. The summed E-state index contributed by atoms with van der Waals surface area (Å²) in [6, 6.07) is 17.1. The van der Waals surface area contributed by atoms with Gasteiger partial charge in [-0.1, -0.05) is 52.0 Å². The molecule has 2 aromatic rings. The Morgan fingerprint density at radius 1 is 1.25 bits per heavy atom. The fourth-order valence-electron chi connectivity index (χ4n) is 2.98. The molecular formula is C21H18BrN3O2S. The predicted octanol–water partition coefficient (Wildman–Crippen LogP) is 3.93. The van der Waals surface area contributed by atoms with Gasteiger partial charge in [0.1, 0.15) is 16.7 Å². The van der Waals surface area contributed by atoms with E-state index in [-0.39, 0.29) is 11.5 Å². The smallest absolute Gasteiger partial charge is 0.264 e. The van der Waals surface area contributed by atoms with E-state index in [1.807, 2.05) is 49.4 Å². The van der Waals surface area contributed by atoms with E-state index < -0.39 is 11.2 Å². The minimum atomic E-state index is -0.503. The van der Waals surface area contributed by atoms with Crippen molar-refractivity contribution in [3.8, 4) is 6.07 Å². The molecule has 142 valence electrons. The lowest BCUT2D eigenvalue weighted by Gasteiger charge is -2.18. The summed E-state index contributed by atoms with van der Waals surface area (Å²) in [5.74, 6) is -0.640. The summed E-state index contributed by atoms with van der Waals surface area (Å²) in [6.07, 6.45) is 0.527. The number of carbonyl (C=O) groups is 2. The maximum atomic E-state index is 13.3. The van der Waals surface area contributed by atoms with Crippen LogP contribution in [0.1, 0.15) is 11.1 Å². The lowest BCUT2D eigenvalue weighted by atomic mass is 10.0. The number of nitrogens with one attached hydrogen (secondary N) is 1. The van der Waals surface area contributed by atoms with Gasteiger partial charge in [-0.2, -0.15) is 5.26 Å². The summed E-state index contributed by atoms with van der Waals surface area (Å²) in [7, 11) is 1.47. The van der Waals surface area contributed by atoms with Crippen LogP contribution in [-0.2, 0) is 16.0 Å². The van der Waals surface area contributed by atoms with E-state index in [1.54, 1.807) is 12.1 Å². The number of thioether (sulfide) groups is 1. The second-order valence-electron chi connectivity index (χ2n) is 6.26. The zero-order valence-corrected chi connectivity index (χ0v) is 17.8. The van der Waals surface area contributed by atoms with E-state index in [0.717, 1.165) is 15.6 Å². The normalized spacial score (nSPS) is 18.0. The summed E-state index contributed by atoms with van der Waals surface area (Å²) < 4.78 is 0.879. The number of aryl methyl sites for hydroxylation is 1. The van der Waals surface area contributed by atoms with Crippen molar-refractivity contribution in [1.29, 1.82) is 5.26 Å².